The lowest BCUT2D eigenvalue weighted by atomic mass is 9.92. The van der Waals surface area contributed by atoms with E-state index in [0.29, 0.717) is 11.8 Å². The molecule has 1 heteroatoms. The van der Waals surface area contributed by atoms with Crippen LogP contribution in [-0.2, 0) is 0 Å². The van der Waals surface area contributed by atoms with Crippen LogP contribution in [0.3, 0.4) is 0 Å². The predicted molar refractivity (Wildman–Crippen MR) is 39.2 cm³/mol. The second kappa shape index (κ2) is 2.22. The normalized spacial score (nSPS) is 37.5. The van der Waals surface area contributed by atoms with Crippen molar-refractivity contribution < 1.29 is 4.39 Å². The summed E-state index contributed by atoms with van der Waals surface area (Å²) < 4.78 is 12.6. The maximum atomic E-state index is 12.6. The Kier molecular flexibility index (Phi) is 1.37. The van der Waals surface area contributed by atoms with Gasteiger partial charge in [0.2, 0.25) is 0 Å². The Bertz CT molecular complexity index is 191. The Hall–Kier alpha value is -0.590. The molecule has 0 nitrogen and oxygen atoms in total. The molecule has 0 heterocycles. The van der Waals surface area contributed by atoms with Gasteiger partial charge < -0.3 is 0 Å². The molecule has 2 rings (SSSR count). The summed E-state index contributed by atoms with van der Waals surface area (Å²) in [4.78, 5) is 0. The SMILES string of the molecule is FC1=CC2CCCC2C=C1. The molecule has 2 atom stereocenters. The van der Waals surface area contributed by atoms with Gasteiger partial charge in [-0.2, -0.15) is 0 Å². The summed E-state index contributed by atoms with van der Waals surface area (Å²) in [6.07, 6.45) is 9.11. The Labute approximate surface area is 60.4 Å². The topological polar surface area (TPSA) is 0 Å². The van der Waals surface area contributed by atoms with Crippen LogP contribution < -0.4 is 0 Å². The highest BCUT2D eigenvalue weighted by Gasteiger charge is 2.25. The van der Waals surface area contributed by atoms with Gasteiger partial charge in [-0.25, -0.2) is 4.39 Å². The van der Waals surface area contributed by atoms with Crippen molar-refractivity contribution in [2.45, 2.75) is 19.3 Å². The molecule has 0 bridgehead atoms. The smallest absolute Gasteiger partial charge is 0.119 e. The summed E-state index contributed by atoms with van der Waals surface area (Å²) in [5, 5.41) is 0. The molecular formula is C9H11F. The van der Waals surface area contributed by atoms with Crippen molar-refractivity contribution >= 4 is 0 Å². The molecule has 1 saturated carbocycles. The zero-order valence-corrected chi connectivity index (χ0v) is 5.89. The van der Waals surface area contributed by atoms with E-state index in [4.69, 9.17) is 0 Å². The maximum absolute atomic E-state index is 12.6. The van der Waals surface area contributed by atoms with Crippen LogP contribution >= 0.6 is 0 Å². The Morgan fingerprint density at radius 1 is 1.30 bits per heavy atom. The molecule has 54 valence electrons. The third kappa shape index (κ3) is 0.898. The van der Waals surface area contributed by atoms with Crippen molar-refractivity contribution in [3.63, 3.8) is 0 Å². The number of rotatable bonds is 0. The molecule has 0 aromatic heterocycles. The molecule has 0 aliphatic heterocycles. The summed E-state index contributed by atoms with van der Waals surface area (Å²) in [6, 6.07) is 0. The van der Waals surface area contributed by atoms with E-state index in [0.717, 1.165) is 0 Å². The number of hydrogen-bond acceptors (Lipinski definition) is 0. The predicted octanol–water partition coefficient (Wildman–Crippen LogP) is 2.83. The zero-order valence-electron chi connectivity index (χ0n) is 5.89. The van der Waals surface area contributed by atoms with E-state index in [9.17, 15) is 4.39 Å². The van der Waals surface area contributed by atoms with Gasteiger partial charge in [-0.1, -0.05) is 12.5 Å². The van der Waals surface area contributed by atoms with Crippen LogP contribution in [0.2, 0.25) is 0 Å². The van der Waals surface area contributed by atoms with E-state index in [2.05, 4.69) is 0 Å². The first-order valence-electron chi connectivity index (χ1n) is 3.92. The van der Waals surface area contributed by atoms with Crippen LogP contribution in [0.15, 0.2) is 24.1 Å². The second-order valence-electron chi connectivity index (χ2n) is 3.17. The molecular weight excluding hydrogens is 127 g/mol. The van der Waals surface area contributed by atoms with Crippen LogP contribution in [0.25, 0.3) is 0 Å². The first-order valence-corrected chi connectivity index (χ1v) is 3.92. The van der Waals surface area contributed by atoms with Gasteiger partial charge in [0.05, 0.1) is 0 Å². The van der Waals surface area contributed by atoms with Gasteiger partial charge in [0.25, 0.3) is 0 Å². The third-order valence-electron chi connectivity index (χ3n) is 2.50. The number of allylic oxidation sites excluding steroid dienone is 4. The molecule has 10 heavy (non-hydrogen) atoms. The summed E-state index contributed by atoms with van der Waals surface area (Å²) >= 11 is 0. The molecule has 0 N–H and O–H groups in total. The second-order valence-corrected chi connectivity index (χ2v) is 3.17. The van der Waals surface area contributed by atoms with Crippen molar-refractivity contribution in [2.75, 3.05) is 0 Å². The van der Waals surface area contributed by atoms with E-state index < -0.39 is 0 Å². The Morgan fingerprint density at radius 3 is 3.00 bits per heavy atom. The largest absolute Gasteiger partial charge is 0.207 e. The molecule has 2 aliphatic rings. The van der Waals surface area contributed by atoms with Crippen molar-refractivity contribution in [2.24, 2.45) is 11.8 Å². The minimum atomic E-state index is -0.0387. The molecule has 0 spiro atoms. The lowest BCUT2D eigenvalue weighted by molar-refractivity contribution is 0.520. The number of fused-ring (bicyclic) bond motifs is 1. The van der Waals surface area contributed by atoms with Crippen LogP contribution in [-0.4, -0.2) is 0 Å². The average Bonchev–Trinajstić information content (AvgIpc) is 2.33. The van der Waals surface area contributed by atoms with Gasteiger partial charge in [0.1, 0.15) is 5.83 Å². The fourth-order valence-corrected chi connectivity index (χ4v) is 1.94. The van der Waals surface area contributed by atoms with Gasteiger partial charge in [-0.15, -0.1) is 0 Å². The average molecular weight is 138 g/mol. The van der Waals surface area contributed by atoms with Crippen molar-refractivity contribution in [1.29, 1.82) is 0 Å². The molecule has 0 radical (unpaired) electrons. The Morgan fingerprint density at radius 2 is 2.10 bits per heavy atom. The summed E-state index contributed by atoms with van der Waals surface area (Å²) in [5.74, 6) is 1.13. The standard InChI is InChI=1S/C9H11F/c10-9-5-4-7-2-1-3-8(7)6-9/h4-8H,1-3H2. The van der Waals surface area contributed by atoms with Gasteiger partial charge in [-0.05, 0) is 36.8 Å². The lowest BCUT2D eigenvalue weighted by Crippen LogP contribution is -2.05. The molecule has 0 saturated heterocycles. The van der Waals surface area contributed by atoms with Gasteiger partial charge in [0, 0.05) is 0 Å². The molecule has 0 aromatic carbocycles. The fraction of sp³-hybridized carbons (Fsp3) is 0.556. The van der Waals surface area contributed by atoms with E-state index in [-0.39, 0.29) is 5.83 Å². The third-order valence-corrected chi connectivity index (χ3v) is 2.50. The molecule has 0 aromatic rings. The first-order chi connectivity index (χ1) is 4.86. The fourth-order valence-electron chi connectivity index (χ4n) is 1.94. The van der Waals surface area contributed by atoms with Gasteiger partial charge in [0.15, 0.2) is 0 Å². The monoisotopic (exact) mass is 138 g/mol. The minimum Gasteiger partial charge on any atom is -0.207 e. The molecule has 2 unspecified atom stereocenters. The van der Waals surface area contributed by atoms with Crippen molar-refractivity contribution in [1.82, 2.24) is 0 Å². The minimum absolute atomic E-state index is 0.0387. The van der Waals surface area contributed by atoms with Crippen LogP contribution in [0.5, 0.6) is 0 Å². The van der Waals surface area contributed by atoms with E-state index in [1.54, 1.807) is 12.2 Å². The Balaban J connectivity index is 2.20. The van der Waals surface area contributed by atoms with Crippen LogP contribution in [0.1, 0.15) is 19.3 Å². The summed E-state index contributed by atoms with van der Waals surface area (Å²) in [5.41, 5.74) is 0. The van der Waals surface area contributed by atoms with E-state index in [1.807, 2.05) is 6.08 Å². The van der Waals surface area contributed by atoms with Crippen molar-refractivity contribution in [3.05, 3.63) is 24.1 Å². The zero-order chi connectivity index (χ0) is 6.97. The molecule has 0 amide bonds. The summed E-state index contributed by atoms with van der Waals surface area (Å²) in [6.45, 7) is 0. The van der Waals surface area contributed by atoms with Gasteiger partial charge >= 0.3 is 0 Å². The highest BCUT2D eigenvalue weighted by Crippen LogP contribution is 2.37. The molecule has 2 aliphatic carbocycles. The number of hydrogen-bond donors (Lipinski definition) is 0. The quantitative estimate of drug-likeness (QED) is 0.483. The van der Waals surface area contributed by atoms with Gasteiger partial charge in [-0.3, -0.25) is 0 Å². The number of halogens is 1. The van der Waals surface area contributed by atoms with Crippen LogP contribution in [0.4, 0.5) is 4.39 Å². The maximum Gasteiger partial charge on any atom is 0.119 e. The summed E-state index contributed by atoms with van der Waals surface area (Å²) in [7, 11) is 0. The highest BCUT2D eigenvalue weighted by molar-refractivity contribution is 5.21. The van der Waals surface area contributed by atoms with E-state index in [1.165, 1.54) is 19.3 Å². The highest BCUT2D eigenvalue weighted by atomic mass is 19.1. The lowest BCUT2D eigenvalue weighted by Gasteiger charge is -2.14. The van der Waals surface area contributed by atoms with Crippen molar-refractivity contribution in [3.8, 4) is 0 Å². The van der Waals surface area contributed by atoms with E-state index >= 15 is 0 Å². The van der Waals surface area contributed by atoms with Crippen LogP contribution in [0, 0.1) is 11.8 Å². The first kappa shape index (κ1) is 6.14. The molecule has 1 fully saturated rings.